The lowest BCUT2D eigenvalue weighted by Gasteiger charge is -2.16. The molecule has 1 amide bonds. The highest BCUT2D eigenvalue weighted by atomic mass is 16.5. The third kappa shape index (κ3) is 5.28. The first-order chi connectivity index (χ1) is 9.06. The second-order valence-corrected chi connectivity index (χ2v) is 4.46. The number of nitrogens with one attached hydrogen (secondary N) is 1. The SMILES string of the molecule is COCC(CO)NC(=O)COc1ccc(C)cc1C. The van der Waals surface area contributed by atoms with Crippen molar-refractivity contribution in [1.82, 2.24) is 5.32 Å². The second-order valence-electron chi connectivity index (χ2n) is 4.46. The van der Waals surface area contributed by atoms with Crippen LogP contribution in [0.2, 0.25) is 0 Å². The van der Waals surface area contributed by atoms with E-state index >= 15 is 0 Å². The standard InChI is InChI=1S/C14H21NO4/c1-10-4-5-13(11(2)6-10)19-9-14(17)15-12(7-16)8-18-3/h4-6,12,16H,7-9H2,1-3H3,(H,15,17). The quantitative estimate of drug-likeness (QED) is 0.767. The fourth-order valence-electron chi connectivity index (χ4n) is 1.72. The average Bonchev–Trinajstić information content (AvgIpc) is 2.37. The smallest absolute Gasteiger partial charge is 0.258 e. The summed E-state index contributed by atoms with van der Waals surface area (Å²) in [5.41, 5.74) is 2.14. The van der Waals surface area contributed by atoms with Gasteiger partial charge in [0.2, 0.25) is 0 Å². The minimum Gasteiger partial charge on any atom is -0.484 e. The van der Waals surface area contributed by atoms with Crippen LogP contribution in [-0.4, -0.2) is 44.0 Å². The highest BCUT2D eigenvalue weighted by Crippen LogP contribution is 2.18. The zero-order valence-electron chi connectivity index (χ0n) is 11.6. The molecule has 0 heterocycles. The number of aliphatic hydroxyl groups excluding tert-OH is 1. The number of rotatable bonds is 7. The van der Waals surface area contributed by atoms with Gasteiger partial charge in [0.1, 0.15) is 5.75 Å². The molecule has 1 aromatic rings. The molecule has 5 heteroatoms. The van der Waals surface area contributed by atoms with E-state index in [0.29, 0.717) is 5.75 Å². The van der Waals surface area contributed by atoms with Gasteiger partial charge in [0, 0.05) is 7.11 Å². The number of aryl methyl sites for hydroxylation is 2. The zero-order valence-corrected chi connectivity index (χ0v) is 11.6. The number of hydrogen-bond donors (Lipinski definition) is 2. The number of hydrogen-bond acceptors (Lipinski definition) is 4. The number of carbonyl (C=O) groups is 1. The Bertz CT molecular complexity index is 420. The zero-order chi connectivity index (χ0) is 14.3. The summed E-state index contributed by atoms with van der Waals surface area (Å²) in [6, 6.07) is 5.37. The third-order valence-electron chi connectivity index (χ3n) is 2.64. The van der Waals surface area contributed by atoms with Crippen LogP contribution in [-0.2, 0) is 9.53 Å². The van der Waals surface area contributed by atoms with Gasteiger partial charge in [0.05, 0.1) is 19.3 Å². The summed E-state index contributed by atoms with van der Waals surface area (Å²) in [4.78, 5) is 11.6. The molecule has 0 aliphatic heterocycles. The van der Waals surface area contributed by atoms with Crippen molar-refractivity contribution in [2.75, 3.05) is 26.9 Å². The first kappa shape index (κ1) is 15.5. The Morgan fingerprint density at radius 1 is 1.42 bits per heavy atom. The van der Waals surface area contributed by atoms with Gasteiger partial charge in [-0.25, -0.2) is 0 Å². The topological polar surface area (TPSA) is 67.8 Å². The number of aliphatic hydroxyl groups is 1. The molecule has 1 aromatic carbocycles. The lowest BCUT2D eigenvalue weighted by Crippen LogP contribution is -2.42. The van der Waals surface area contributed by atoms with Crippen molar-refractivity contribution >= 4 is 5.91 Å². The summed E-state index contributed by atoms with van der Waals surface area (Å²) >= 11 is 0. The lowest BCUT2D eigenvalue weighted by atomic mass is 10.1. The van der Waals surface area contributed by atoms with E-state index in [1.807, 2.05) is 32.0 Å². The van der Waals surface area contributed by atoms with E-state index in [9.17, 15) is 4.79 Å². The predicted octanol–water partition coefficient (Wildman–Crippen LogP) is 0.806. The molecule has 0 spiro atoms. The molecule has 1 unspecified atom stereocenters. The monoisotopic (exact) mass is 267 g/mol. The Morgan fingerprint density at radius 3 is 2.74 bits per heavy atom. The maximum atomic E-state index is 11.6. The Hall–Kier alpha value is -1.59. The molecule has 2 N–H and O–H groups in total. The largest absolute Gasteiger partial charge is 0.484 e. The second kappa shape index (κ2) is 7.76. The van der Waals surface area contributed by atoms with Crippen LogP contribution in [0.3, 0.4) is 0 Å². The molecule has 1 atom stereocenters. The van der Waals surface area contributed by atoms with Crippen LogP contribution in [0.15, 0.2) is 18.2 Å². The molecule has 0 saturated heterocycles. The fraction of sp³-hybridized carbons (Fsp3) is 0.500. The molecule has 0 bridgehead atoms. The number of ether oxygens (including phenoxy) is 2. The van der Waals surface area contributed by atoms with Gasteiger partial charge in [-0.2, -0.15) is 0 Å². The van der Waals surface area contributed by atoms with Gasteiger partial charge in [-0.3, -0.25) is 4.79 Å². The van der Waals surface area contributed by atoms with Gasteiger partial charge in [-0.05, 0) is 25.5 Å². The summed E-state index contributed by atoms with van der Waals surface area (Å²) < 4.78 is 10.3. The minimum atomic E-state index is -0.403. The molecule has 5 nitrogen and oxygen atoms in total. The maximum Gasteiger partial charge on any atom is 0.258 e. The van der Waals surface area contributed by atoms with E-state index in [-0.39, 0.29) is 25.7 Å². The van der Waals surface area contributed by atoms with Crippen LogP contribution in [0.1, 0.15) is 11.1 Å². The first-order valence-corrected chi connectivity index (χ1v) is 6.16. The van der Waals surface area contributed by atoms with Crippen molar-refractivity contribution < 1.29 is 19.4 Å². The third-order valence-corrected chi connectivity index (χ3v) is 2.64. The molecule has 0 aromatic heterocycles. The molecular formula is C14H21NO4. The van der Waals surface area contributed by atoms with Crippen LogP contribution in [0.4, 0.5) is 0 Å². The van der Waals surface area contributed by atoms with Gasteiger partial charge in [-0.15, -0.1) is 0 Å². The highest BCUT2D eigenvalue weighted by Gasteiger charge is 2.11. The molecule has 0 fully saturated rings. The van der Waals surface area contributed by atoms with E-state index < -0.39 is 6.04 Å². The number of carbonyl (C=O) groups excluding carboxylic acids is 1. The normalized spacial score (nSPS) is 12.0. The van der Waals surface area contributed by atoms with Crippen molar-refractivity contribution in [3.8, 4) is 5.75 Å². The van der Waals surface area contributed by atoms with Crippen molar-refractivity contribution in [3.05, 3.63) is 29.3 Å². The first-order valence-electron chi connectivity index (χ1n) is 6.16. The van der Waals surface area contributed by atoms with E-state index in [1.165, 1.54) is 7.11 Å². The summed E-state index contributed by atoms with van der Waals surface area (Å²) in [5.74, 6) is 0.407. The van der Waals surface area contributed by atoms with Crippen LogP contribution in [0, 0.1) is 13.8 Å². The molecule has 1 rings (SSSR count). The summed E-state index contributed by atoms with van der Waals surface area (Å²) in [6.45, 7) is 3.96. The number of methoxy groups -OCH3 is 1. The molecule has 0 aliphatic rings. The van der Waals surface area contributed by atoms with Crippen molar-refractivity contribution in [2.45, 2.75) is 19.9 Å². The average molecular weight is 267 g/mol. The molecule has 0 radical (unpaired) electrons. The van der Waals surface area contributed by atoms with Crippen molar-refractivity contribution in [2.24, 2.45) is 0 Å². The molecule has 0 saturated carbocycles. The fourth-order valence-corrected chi connectivity index (χ4v) is 1.72. The Kier molecular flexibility index (Phi) is 6.32. The van der Waals surface area contributed by atoms with Crippen LogP contribution in [0.25, 0.3) is 0 Å². The van der Waals surface area contributed by atoms with E-state index in [4.69, 9.17) is 14.6 Å². The lowest BCUT2D eigenvalue weighted by molar-refractivity contribution is -0.124. The Labute approximate surface area is 113 Å². The summed E-state index contributed by atoms with van der Waals surface area (Å²) in [5, 5.41) is 11.7. The van der Waals surface area contributed by atoms with Gasteiger partial charge in [-0.1, -0.05) is 17.7 Å². The summed E-state index contributed by atoms with van der Waals surface area (Å²) in [6.07, 6.45) is 0. The minimum absolute atomic E-state index is 0.0793. The molecular weight excluding hydrogens is 246 g/mol. The molecule has 19 heavy (non-hydrogen) atoms. The van der Waals surface area contributed by atoms with Crippen molar-refractivity contribution in [3.63, 3.8) is 0 Å². The predicted molar refractivity (Wildman–Crippen MR) is 72.3 cm³/mol. The van der Waals surface area contributed by atoms with Crippen molar-refractivity contribution in [1.29, 1.82) is 0 Å². The Balaban J connectivity index is 2.45. The van der Waals surface area contributed by atoms with E-state index in [2.05, 4.69) is 5.32 Å². The van der Waals surface area contributed by atoms with Crippen LogP contribution < -0.4 is 10.1 Å². The molecule has 106 valence electrons. The maximum absolute atomic E-state index is 11.6. The van der Waals surface area contributed by atoms with E-state index in [1.54, 1.807) is 0 Å². The van der Waals surface area contributed by atoms with Crippen LogP contribution >= 0.6 is 0 Å². The van der Waals surface area contributed by atoms with Gasteiger partial charge >= 0.3 is 0 Å². The highest BCUT2D eigenvalue weighted by molar-refractivity contribution is 5.77. The van der Waals surface area contributed by atoms with Crippen LogP contribution in [0.5, 0.6) is 5.75 Å². The van der Waals surface area contributed by atoms with Gasteiger partial charge in [0.25, 0.3) is 5.91 Å². The summed E-state index contributed by atoms with van der Waals surface area (Å²) in [7, 11) is 1.51. The molecule has 0 aliphatic carbocycles. The van der Waals surface area contributed by atoms with E-state index in [0.717, 1.165) is 11.1 Å². The Morgan fingerprint density at radius 2 is 2.16 bits per heavy atom. The number of benzene rings is 1. The van der Waals surface area contributed by atoms with Gasteiger partial charge in [0.15, 0.2) is 6.61 Å². The number of amides is 1. The van der Waals surface area contributed by atoms with Gasteiger partial charge < -0.3 is 19.9 Å².